The summed E-state index contributed by atoms with van der Waals surface area (Å²) >= 11 is 0. The topological polar surface area (TPSA) is 38.0 Å². The van der Waals surface area contributed by atoms with E-state index in [1.165, 1.54) is 17.7 Å². The Morgan fingerprint density at radius 3 is 2.39 bits per heavy atom. The second-order valence-electron chi connectivity index (χ2n) is 5.29. The summed E-state index contributed by atoms with van der Waals surface area (Å²) in [6.07, 6.45) is 5.54. The Morgan fingerprint density at radius 1 is 1.22 bits per heavy atom. The molecule has 1 atom stereocenters. The van der Waals surface area contributed by atoms with Gasteiger partial charge in [0.2, 0.25) is 0 Å². The van der Waals surface area contributed by atoms with Crippen molar-refractivity contribution in [2.45, 2.75) is 57.2 Å². The molecular weight excluding hydrogens is 227 g/mol. The molecule has 0 radical (unpaired) electrons. The number of benzene rings is 1. The van der Waals surface area contributed by atoms with Crippen LogP contribution in [-0.4, -0.2) is 12.1 Å². The van der Waals surface area contributed by atoms with Crippen LogP contribution < -0.4 is 11.1 Å². The van der Waals surface area contributed by atoms with Gasteiger partial charge in [0.25, 0.3) is 0 Å². The van der Waals surface area contributed by atoms with Gasteiger partial charge in [-0.2, -0.15) is 0 Å². The third-order valence-electron chi connectivity index (χ3n) is 3.89. The van der Waals surface area contributed by atoms with Gasteiger partial charge < -0.3 is 11.1 Å². The molecule has 1 aromatic rings. The summed E-state index contributed by atoms with van der Waals surface area (Å²) < 4.78 is 12.9. The van der Waals surface area contributed by atoms with Crippen LogP contribution >= 0.6 is 0 Å². The molecule has 2 nitrogen and oxygen atoms in total. The van der Waals surface area contributed by atoms with Gasteiger partial charge >= 0.3 is 0 Å². The predicted octanol–water partition coefficient (Wildman–Crippen LogP) is 3.14. The maximum Gasteiger partial charge on any atom is 0.123 e. The van der Waals surface area contributed by atoms with Gasteiger partial charge in [0, 0.05) is 18.1 Å². The maximum absolute atomic E-state index is 12.9. The van der Waals surface area contributed by atoms with Crippen molar-refractivity contribution in [2.75, 3.05) is 0 Å². The highest BCUT2D eigenvalue weighted by molar-refractivity contribution is 5.20. The van der Waals surface area contributed by atoms with Crippen molar-refractivity contribution in [3.63, 3.8) is 0 Å². The van der Waals surface area contributed by atoms with E-state index in [1.807, 2.05) is 12.1 Å². The Labute approximate surface area is 109 Å². The average Bonchev–Trinajstić information content (AvgIpc) is 2.39. The largest absolute Gasteiger partial charge is 0.328 e. The molecule has 0 aliphatic heterocycles. The first-order chi connectivity index (χ1) is 8.69. The molecule has 0 heterocycles. The molecule has 1 fully saturated rings. The molecular formula is C15H23FN2. The Hall–Kier alpha value is -0.930. The van der Waals surface area contributed by atoms with Gasteiger partial charge in [0.1, 0.15) is 5.82 Å². The van der Waals surface area contributed by atoms with Gasteiger partial charge in [0.05, 0.1) is 0 Å². The Bertz CT molecular complexity index is 355. The summed E-state index contributed by atoms with van der Waals surface area (Å²) in [5.41, 5.74) is 7.09. The van der Waals surface area contributed by atoms with Crippen LogP contribution in [0.25, 0.3) is 0 Å². The monoisotopic (exact) mass is 250 g/mol. The first-order valence-electron chi connectivity index (χ1n) is 6.96. The fourth-order valence-corrected chi connectivity index (χ4v) is 2.72. The van der Waals surface area contributed by atoms with Crippen LogP contribution in [0.2, 0.25) is 0 Å². The van der Waals surface area contributed by atoms with Crippen LogP contribution in [0.15, 0.2) is 24.3 Å². The Morgan fingerprint density at radius 2 is 1.83 bits per heavy atom. The van der Waals surface area contributed by atoms with Crippen LogP contribution in [0.5, 0.6) is 0 Å². The molecule has 0 bridgehead atoms. The van der Waals surface area contributed by atoms with Crippen LogP contribution in [-0.2, 0) is 0 Å². The van der Waals surface area contributed by atoms with E-state index in [0.29, 0.717) is 18.1 Å². The van der Waals surface area contributed by atoms with Crippen LogP contribution in [0, 0.1) is 5.82 Å². The molecule has 18 heavy (non-hydrogen) atoms. The van der Waals surface area contributed by atoms with Gasteiger partial charge in [-0.05, 0) is 49.8 Å². The lowest BCUT2D eigenvalue weighted by Crippen LogP contribution is -2.39. The number of hydrogen-bond donors (Lipinski definition) is 2. The smallest absolute Gasteiger partial charge is 0.123 e. The fraction of sp³-hybridized carbons (Fsp3) is 0.600. The average molecular weight is 250 g/mol. The lowest BCUT2D eigenvalue weighted by Gasteiger charge is -2.30. The minimum Gasteiger partial charge on any atom is -0.328 e. The first kappa shape index (κ1) is 13.5. The SMILES string of the molecule is CCC(NC1CCC(N)CC1)c1ccc(F)cc1. The molecule has 1 aromatic carbocycles. The Kier molecular flexibility index (Phi) is 4.72. The second kappa shape index (κ2) is 6.30. The minimum absolute atomic E-state index is 0.169. The second-order valence-corrected chi connectivity index (χ2v) is 5.29. The number of halogens is 1. The van der Waals surface area contributed by atoms with Gasteiger partial charge in [-0.1, -0.05) is 19.1 Å². The summed E-state index contributed by atoms with van der Waals surface area (Å²) in [7, 11) is 0. The van der Waals surface area contributed by atoms with Gasteiger partial charge in [-0.3, -0.25) is 0 Å². The van der Waals surface area contributed by atoms with Crippen molar-refractivity contribution in [3.05, 3.63) is 35.6 Å². The lowest BCUT2D eigenvalue weighted by molar-refractivity contribution is 0.312. The van der Waals surface area contributed by atoms with E-state index in [9.17, 15) is 4.39 Å². The van der Waals surface area contributed by atoms with E-state index >= 15 is 0 Å². The van der Waals surface area contributed by atoms with Crippen molar-refractivity contribution in [2.24, 2.45) is 5.73 Å². The van der Waals surface area contributed by atoms with Crippen molar-refractivity contribution < 1.29 is 4.39 Å². The van der Waals surface area contributed by atoms with E-state index < -0.39 is 0 Å². The van der Waals surface area contributed by atoms with Crippen LogP contribution in [0.4, 0.5) is 4.39 Å². The maximum atomic E-state index is 12.9. The van der Waals surface area contributed by atoms with Crippen molar-refractivity contribution in [1.82, 2.24) is 5.32 Å². The highest BCUT2D eigenvalue weighted by atomic mass is 19.1. The van der Waals surface area contributed by atoms with E-state index in [-0.39, 0.29) is 5.82 Å². The molecule has 1 unspecified atom stereocenters. The first-order valence-corrected chi connectivity index (χ1v) is 6.96. The van der Waals surface area contributed by atoms with Crippen molar-refractivity contribution in [1.29, 1.82) is 0 Å². The molecule has 0 aromatic heterocycles. The number of rotatable bonds is 4. The molecule has 1 saturated carbocycles. The third kappa shape index (κ3) is 3.53. The highest BCUT2D eigenvalue weighted by Crippen LogP contribution is 2.23. The van der Waals surface area contributed by atoms with E-state index in [0.717, 1.165) is 32.1 Å². The Balaban J connectivity index is 1.94. The predicted molar refractivity (Wildman–Crippen MR) is 72.8 cm³/mol. The lowest BCUT2D eigenvalue weighted by atomic mass is 9.90. The molecule has 0 saturated heterocycles. The van der Waals surface area contributed by atoms with Gasteiger partial charge in [-0.25, -0.2) is 4.39 Å². The van der Waals surface area contributed by atoms with Crippen LogP contribution in [0.3, 0.4) is 0 Å². The summed E-state index contributed by atoms with van der Waals surface area (Å²) in [6.45, 7) is 2.16. The molecule has 0 spiro atoms. The molecule has 3 heteroatoms. The van der Waals surface area contributed by atoms with Crippen LogP contribution in [0.1, 0.15) is 50.6 Å². The van der Waals surface area contributed by atoms with E-state index in [4.69, 9.17) is 5.73 Å². The number of hydrogen-bond acceptors (Lipinski definition) is 2. The standard InChI is InChI=1S/C15H23FN2/c1-2-15(11-3-5-12(16)6-4-11)18-14-9-7-13(17)8-10-14/h3-6,13-15,18H,2,7-10,17H2,1H3. The molecule has 0 amide bonds. The van der Waals surface area contributed by atoms with Gasteiger partial charge in [0.15, 0.2) is 0 Å². The van der Waals surface area contributed by atoms with E-state index in [2.05, 4.69) is 12.2 Å². The summed E-state index contributed by atoms with van der Waals surface area (Å²) in [4.78, 5) is 0. The molecule has 2 rings (SSSR count). The van der Waals surface area contributed by atoms with E-state index in [1.54, 1.807) is 0 Å². The summed E-state index contributed by atoms with van der Waals surface area (Å²) in [5.74, 6) is -0.169. The highest BCUT2D eigenvalue weighted by Gasteiger charge is 2.21. The zero-order valence-corrected chi connectivity index (χ0v) is 11.0. The zero-order valence-electron chi connectivity index (χ0n) is 11.0. The fourth-order valence-electron chi connectivity index (χ4n) is 2.72. The quantitative estimate of drug-likeness (QED) is 0.861. The number of nitrogens with one attached hydrogen (secondary N) is 1. The third-order valence-corrected chi connectivity index (χ3v) is 3.89. The van der Waals surface area contributed by atoms with Crippen molar-refractivity contribution >= 4 is 0 Å². The zero-order chi connectivity index (χ0) is 13.0. The number of nitrogens with two attached hydrogens (primary N) is 1. The summed E-state index contributed by atoms with van der Waals surface area (Å²) in [6, 6.07) is 8.10. The molecule has 3 N–H and O–H groups in total. The van der Waals surface area contributed by atoms with Gasteiger partial charge in [-0.15, -0.1) is 0 Å². The van der Waals surface area contributed by atoms with Crippen molar-refractivity contribution in [3.8, 4) is 0 Å². The molecule has 100 valence electrons. The molecule has 1 aliphatic carbocycles. The molecule has 1 aliphatic rings. The minimum atomic E-state index is -0.169. The normalized spacial score (nSPS) is 25.9. The summed E-state index contributed by atoms with van der Waals surface area (Å²) in [5, 5.41) is 3.68.